The Morgan fingerprint density at radius 3 is 2.73 bits per heavy atom. The Morgan fingerprint density at radius 1 is 1.18 bits per heavy atom. The van der Waals surface area contributed by atoms with Crippen molar-refractivity contribution in [3.8, 4) is 10.8 Å². The van der Waals surface area contributed by atoms with Crippen LogP contribution in [0.25, 0.3) is 10.8 Å². The lowest BCUT2D eigenvalue weighted by Crippen LogP contribution is -3.07. The number of thiophene rings is 1. The standard InChI is InChI=1S/C17H19N3OS/c1-12-7-4-5-8-14(12)11-20(3)13(2)16-18-19-17(21-16)15-9-6-10-22-15/h4-10,13H,11H2,1-3H3/p+1/t13-/m0/s1. The van der Waals surface area contributed by atoms with Gasteiger partial charge >= 0.3 is 0 Å². The van der Waals surface area contributed by atoms with E-state index < -0.39 is 0 Å². The van der Waals surface area contributed by atoms with Crippen LogP contribution in [0.5, 0.6) is 0 Å². The van der Waals surface area contributed by atoms with E-state index in [9.17, 15) is 0 Å². The molecule has 3 aromatic rings. The van der Waals surface area contributed by atoms with E-state index >= 15 is 0 Å². The number of benzene rings is 1. The topological polar surface area (TPSA) is 43.4 Å². The summed E-state index contributed by atoms with van der Waals surface area (Å²) in [4.78, 5) is 2.35. The van der Waals surface area contributed by atoms with E-state index in [1.54, 1.807) is 11.3 Å². The molecule has 2 heterocycles. The highest BCUT2D eigenvalue weighted by Gasteiger charge is 2.23. The number of rotatable bonds is 5. The zero-order valence-electron chi connectivity index (χ0n) is 13.0. The molecule has 0 aliphatic rings. The number of hydrogen-bond acceptors (Lipinski definition) is 4. The molecule has 0 aliphatic carbocycles. The lowest BCUT2D eigenvalue weighted by Gasteiger charge is -2.19. The lowest BCUT2D eigenvalue weighted by molar-refractivity contribution is -0.925. The summed E-state index contributed by atoms with van der Waals surface area (Å²) in [5.74, 6) is 1.30. The Hall–Kier alpha value is -1.98. The molecule has 0 amide bonds. The quantitative estimate of drug-likeness (QED) is 0.787. The van der Waals surface area contributed by atoms with Crippen LogP contribution in [-0.4, -0.2) is 17.2 Å². The molecule has 0 radical (unpaired) electrons. The molecule has 22 heavy (non-hydrogen) atoms. The average Bonchev–Trinajstić information content (AvgIpc) is 3.19. The van der Waals surface area contributed by atoms with Gasteiger partial charge in [-0.1, -0.05) is 30.3 Å². The van der Waals surface area contributed by atoms with Gasteiger partial charge in [0, 0.05) is 5.56 Å². The summed E-state index contributed by atoms with van der Waals surface area (Å²) in [6.07, 6.45) is 0. The van der Waals surface area contributed by atoms with Gasteiger partial charge in [0.15, 0.2) is 6.04 Å². The van der Waals surface area contributed by atoms with E-state index in [0.29, 0.717) is 11.8 Å². The van der Waals surface area contributed by atoms with Gasteiger partial charge in [-0.25, -0.2) is 0 Å². The van der Waals surface area contributed by atoms with Crippen molar-refractivity contribution in [3.05, 3.63) is 58.8 Å². The maximum Gasteiger partial charge on any atom is 0.274 e. The molecule has 0 saturated heterocycles. The van der Waals surface area contributed by atoms with Gasteiger partial charge in [0.2, 0.25) is 0 Å². The number of hydrogen-bond donors (Lipinski definition) is 1. The molecule has 5 heteroatoms. The molecule has 0 saturated carbocycles. The molecular weight excluding hydrogens is 294 g/mol. The van der Waals surface area contributed by atoms with Crippen molar-refractivity contribution < 1.29 is 9.32 Å². The Labute approximate surface area is 134 Å². The van der Waals surface area contributed by atoms with Crippen molar-refractivity contribution in [3.63, 3.8) is 0 Å². The van der Waals surface area contributed by atoms with Crippen molar-refractivity contribution in [1.29, 1.82) is 0 Å². The molecule has 0 fully saturated rings. The van der Waals surface area contributed by atoms with Gasteiger partial charge in [0.25, 0.3) is 11.8 Å². The van der Waals surface area contributed by atoms with E-state index in [1.165, 1.54) is 16.0 Å². The van der Waals surface area contributed by atoms with Gasteiger partial charge in [0.05, 0.1) is 11.9 Å². The van der Waals surface area contributed by atoms with Crippen LogP contribution in [0, 0.1) is 6.92 Å². The first-order chi connectivity index (χ1) is 10.6. The average molecular weight is 314 g/mol. The highest BCUT2D eigenvalue weighted by atomic mass is 32.1. The number of quaternary nitrogens is 1. The second kappa shape index (κ2) is 6.42. The summed E-state index contributed by atoms with van der Waals surface area (Å²) in [5, 5.41) is 10.4. The summed E-state index contributed by atoms with van der Waals surface area (Å²) in [6, 6.07) is 12.6. The van der Waals surface area contributed by atoms with E-state index in [0.717, 1.165) is 11.4 Å². The fourth-order valence-electron chi connectivity index (χ4n) is 2.38. The van der Waals surface area contributed by atoms with Crippen LogP contribution in [-0.2, 0) is 6.54 Å². The second-order valence-electron chi connectivity index (χ2n) is 5.59. The maximum absolute atomic E-state index is 5.85. The van der Waals surface area contributed by atoms with Crippen molar-refractivity contribution in [1.82, 2.24) is 10.2 Å². The first-order valence-electron chi connectivity index (χ1n) is 7.39. The molecule has 1 unspecified atom stereocenters. The zero-order chi connectivity index (χ0) is 15.5. The molecule has 114 valence electrons. The molecule has 2 aromatic heterocycles. The molecule has 3 rings (SSSR count). The smallest absolute Gasteiger partial charge is 0.274 e. The van der Waals surface area contributed by atoms with E-state index in [2.05, 4.69) is 55.4 Å². The first-order valence-corrected chi connectivity index (χ1v) is 8.27. The molecule has 1 aromatic carbocycles. The fourth-order valence-corrected chi connectivity index (χ4v) is 3.03. The van der Waals surface area contributed by atoms with Gasteiger partial charge in [-0.05, 0) is 30.9 Å². The number of aryl methyl sites for hydroxylation is 1. The summed E-state index contributed by atoms with van der Waals surface area (Å²) < 4.78 is 5.85. The molecule has 4 nitrogen and oxygen atoms in total. The monoisotopic (exact) mass is 314 g/mol. The van der Waals surface area contributed by atoms with Crippen LogP contribution in [0.3, 0.4) is 0 Å². The van der Waals surface area contributed by atoms with Crippen LogP contribution < -0.4 is 4.90 Å². The summed E-state index contributed by atoms with van der Waals surface area (Å²) in [5.41, 5.74) is 2.67. The number of nitrogens with one attached hydrogen (secondary N) is 1. The summed E-state index contributed by atoms with van der Waals surface area (Å²) in [7, 11) is 2.16. The summed E-state index contributed by atoms with van der Waals surface area (Å²) >= 11 is 1.61. The third kappa shape index (κ3) is 3.10. The molecule has 2 atom stereocenters. The highest BCUT2D eigenvalue weighted by Crippen LogP contribution is 2.24. The van der Waals surface area contributed by atoms with Crippen molar-refractivity contribution in [2.75, 3.05) is 7.05 Å². The zero-order valence-corrected chi connectivity index (χ0v) is 13.9. The van der Waals surface area contributed by atoms with Crippen LogP contribution in [0.15, 0.2) is 46.2 Å². The van der Waals surface area contributed by atoms with Crippen molar-refractivity contribution >= 4 is 11.3 Å². The Balaban J connectivity index is 1.73. The minimum Gasteiger partial charge on any atom is -0.414 e. The Morgan fingerprint density at radius 2 is 2.00 bits per heavy atom. The Bertz CT molecular complexity index is 736. The molecule has 0 spiro atoms. The van der Waals surface area contributed by atoms with Crippen molar-refractivity contribution in [2.24, 2.45) is 0 Å². The number of nitrogens with zero attached hydrogens (tertiary/aromatic N) is 2. The largest absolute Gasteiger partial charge is 0.414 e. The van der Waals surface area contributed by atoms with Gasteiger partial charge in [0.1, 0.15) is 6.54 Å². The van der Waals surface area contributed by atoms with Crippen molar-refractivity contribution in [2.45, 2.75) is 26.4 Å². The van der Waals surface area contributed by atoms with Crippen LogP contribution >= 0.6 is 11.3 Å². The third-order valence-electron chi connectivity index (χ3n) is 4.01. The van der Waals surface area contributed by atoms with E-state index in [-0.39, 0.29) is 6.04 Å². The molecule has 0 aliphatic heterocycles. The fraction of sp³-hybridized carbons (Fsp3) is 0.294. The van der Waals surface area contributed by atoms with Gasteiger partial charge in [-0.2, -0.15) is 0 Å². The highest BCUT2D eigenvalue weighted by molar-refractivity contribution is 7.13. The number of aromatic nitrogens is 2. The third-order valence-corrected chi connectivity index (χ3v) is 4.87. The first kappa shape index (κ1) is 14.9. The molecular formula is C17H20N3OS+. The van der Waals surface area contributed by atoms with E-state index in [4.69, 9.17) is 4.42 Å². The van der Waals surface area contributed by atoms with Crippen LogP contribution in [0.1, 0.15) is 30.0 Å². The molecule has 0 bridgehead atoms. The summed E-state index contributed by atoms with van der Waals surface area (Å²) in [6.45, 7) is 5.21. The Kier molecular flexibility index (Phi) is 4.36. The maximum atomic E-state index is 5.85. The van der Waals surface area contributed by atoms with Gasteiger partial charge in [-0.15, -0.1) is 21.5 Å². The minimum absolute atomic E-state index is 0.154. The van der Waals surface area contributed by atoms with E-state index in [1.807, 2.05) is 17.5 Å². The normalized spacial score (nSPS) is 14.0. The van der Waals surface area contributed by atoms with Crippen LogP contribution in [0.2, 0.25) is 0 Å². The van der Waals surface area contributed by atoms with Gasteiger partial charge in [-0.3, -0.25) is 0 Å². The predicted octanol–water partition coefficient (Wildman–Crippen LogP) is 2.88. The second-order valence-corrected chi connectivity index (χ2v) is 6.54. The molecule has 1 N–H and O–H groups in total. The predicted molar refractivity (Wildman–Crippen MR) is 87.8 cm³/mol. The van der Waals surface area contributed by atoms with Crippen LogP contribution in [0.4, 0.5) is 0 Å². The SMILES string of the molecule is Cc1ccccc1C[NH+](C)[C@@H](C)c1nnc(-c2cccs2)o1. The lowest BCUT2D eigenvalue weighted by atomic mass is 10.1. The minimum atomic E-state index is 0.154. The van der Waals surface area contributed by atoms with Gasteiger partial charge < -0.3 is 9.32 Å².